The van der Waals surface area contributed by atoms with Crippen molar-refractivity contribution < 1.29 is 9.32 Å². The molecule has 1 amide bonds. The molecule has 0 saturated carbocycles. The number of aromatic nitrogens is 1. The molecule has 1 aliphatic rings. The summed E-state index contributed by atoms with van der Waals surface area (Å²) >= 11 is 5.86. The highest BCUT2D eigenvalue weighted by Crippen LogP contribution is 2.30. The Morgan fingerprint density at radius 3 is 2.82 bits per heavy atom. The van der Waals surface area contributed by atoms with Crippen LogP contribution in [0.25, 0.3) is 11.3 Å². The largest absolute Gasteiger partial charge is 0.355 e. The number of nitrogens with zero attached hydrogens (tertiary/aromatic N) is 2. The number of likely N-dealkylation sites (tertiary alicyclic amines) is 1. The van der Waals surface area contributed by atoms with E-state index in [-0.39, 0.29) is 11.3 Å². The third-order valence-corrected chi connectivity index (χ3v) is 4.45. The first-order valence-corrected chi connectivity index (χ1v) is 7.61. The molecule has 2 N–H and O–H groups in total. The van der Waals surface area contributed by atoms with Crippen LogP contribution in [0.3, 0.4) is 0 Å². The molecule has 1 atom stereocenters. The van der Waals surface area contributed by atoms with Crippen LogP contribution in [0.1, 0.15) is 23.8 Å². The highest BCUT2D eigenvalue weighted by atomic mass is 35.5. The molecule has 0 radical (unpaired) electrons. The zero-order chi connectivity index (χ0) is 15.7. The molecule has 2 aromatic rings. The number of carbonyl (C=O) groups excluding carboxylic acids is 1. The number of benzene rings is 1. The lowest BCUT2D eigenvalue weighted by Gasteiger charge is -2.21. The van der Waals surface area contributed by atoms with Gasteiger partial charge >= 0.3 is 0 Å². The first-order chi connectivity index (χ1) is 10.5. The van der Waals surface area contributed by atoms with Gasteiger partial charge in [-0.15, -0.1) is 0 Å². The molecule has 116 valence electrons. The highest BCUT2D eigenvalue weighted by Gasteiger charge is 2.36. The van der Waals surface area contributed by atoms with Crippen LogP contribution in [0.15, 0.2) is 34.9 Å². The Morgan fingerprint density at radius 1 is 1.45 bits per heavy atom. The number of hydrogen-bond acceptors (Lipinski definition) is 4. The minimum Gasteiger partial charge on any atom is -0.355 e. The second-order valence-corrected chi connectivity index (χ2v) is 6.51. The smallest absolute Gasteiger partial charge is 0.276 e. The van der Waals surface area contributed by atoms with Crippen molar-refractivity contribution in [2.45, 2.75) is 13.3 Å². The van der Waals surface area contributed by atoms with Crippen LogP contribution in [0, 0.1) is 5.41 Å². The summed E-state index contributed by atoms with van der Waals surface area (Å²) in [4.78, 5) is 14.3. The van der Waals surface area contributed by atoms with Crippen LogP contribution >= 0.6 is 11.6 Å². The monoisotopic (exact) mass is 319 g/mol. The third kappa shape index (κ3) is 2.87. The Kier molecular flexibility index (Phi) is 3.93. The van der Waals surface area contributed by atoms with Crippen LogP contribution in [-0.4, -0.2) is 35.6 Å². The first-order valence-electron chi connectivity index (χ1n) is 7.23. The van der Waals surface area contributed by atoms with Crippen molar-refractivity contribution >= 4 is 17.5 Å². The predicted molar refractivity (Wildman–Crippen MR) is 84.6 cm³/mol. The molecule has 1 aliphatic heterocycles. The molecule has 22 heavy (non-hydrogen) atoms. The average molecular weight is 320 g/mol. The third-order valence-electron chi connectivity index (χ3n) is 4.20. The Morgan fingerprint density at radius 2 is 2.18 bits per heavy atom. The Balaban J connectivity index is 1.76. The van der Waals surface area contributed by atoms with E-state index in [2.05, 4.69) is 12.1 Å². The summed E-state index contributed by atoms with van der Waals surface area (Å²) in [6.07, 6.45) is 0.914. The number of carbonyl (C=O) groups is 1. The molecule has 2 heterocycles. The fourth-order valence-corrected chi connectivity index (χ4v) is 2.78. The number of amides is 1. The average Bonchev–Trinajstić information content (AvgIpc) is 3.15. The van der Waals surface area contributed by atoms with Crippen molar-refractivity contribution in [3.8, 4) is 11.3 Å². The maximum absolute atomic E-state index is 12.5. The van der Waals surface area contributed by atoms with Crippen molar-refractivity contribution in [2.24, 2.45) is 11.1 Å². The van der Waals surface area contributed by atoms with Crippen molar-refractivity contribution in [1.29, 1.82) is 0 Å². The molecular formula is C16H18ClN3O2. The van der Waals surface area contributed by atoms with Gasteiger partial charge in [0.2, 0.25) is 0 Å². The van der Waals surface area contributed by atoms with Gasteiger partial charge in [-0.25, -0.2) is 0 Å². The Labute approximate surface area is 134 Å². The summed E-state index contributed by atoms with van der Waals surface area (Å²) in [6, 6.07) is 8.88. The van der Waals surface area contributed by atoms with E-state index >= 15 is 0 Å². The number of hydrogen-bond donors (Lipinski definition) is 1. The second-order valence-electron chi connectivity index (χ2n) is 6.07. The van der Waals surface area contributed by atoms with Gasteiger partial charge in [-0.2, -0.15) is 0 Å². The quantitative estimate of drug-likeness (QED) is 0.944. The van der Waals surface area contributed by atoms with Crippen LogP contribution in [0.4, 0.5) is 0 Å². The zero-order valence-electron chi connectivity index (χ0n) is 12.4. The normalized spacial score (nSPS) is 21.3. The van der Waals surface area contributed by atoms with Crippen LogP contribution in [0.2, 0.25) is 5.02 Å². The van der Waals surface area contributed by atoms with Gasteiger partial charge in [0.1, 0.15) is 0 Å². The topological polar surface area (TPSA) is 72.4 Å². The molecular weight excluding hydrogens is 302 g/mol. The molecule has 1 aromatic carbocycles. The van der Waals surface area contributed by atoms with Crippen molar-refractivity contribution in [3.63, 3.8) is 0 Å². The fourth-order valence-electron chi connectivity index (χ4n) is 2.65. The van der Waals surface area contributed by atoms with E-state index < -0.39 is 0 Å². The van der Waals surface area contributed by atoms with Gasteiger partial charge in [-0.3, -0.25) is 4.79 Å². The molecule has 1 fully saturated rings. The van der Waals surface area contributed by atoms with Crippen molar-refractivity contribution in [3.05, 3.63) is 41.0 Å². The Bertz CT molecular complexity index is 683. The van der Waals surface area contributed by atoms with Gasteiger partial charge in [-0.1, -0.05) is 23.7 Å². The molecule has 5 nitrogen and oxygen atoms in total. The second kappa shape index (κ2) is 5.74. The molecule has 3 rings (SSSR count). The zero-order valence-corrected chi connectivity index (χ0v) is 13.1. The fraction of sp³-hybridized carbons (Fsp3) is 0.375. The van der Waals surface area contributed by atoms with Crippen LogP contribution in [-0.2, 0) is 0 Å². The number of rotatable bonds is 3. The van der Waals surface area contributed by atoms with E-state index in [1.165, 1.54) is 0 Å². The van der Waals surface area contributed by atoms with Gasteiger partial charge in [0.05, 0.1) is 0 Å². The molecule has 1 unspecified atom stereocenters. The van der Waals surface area contributed by atoms with E-state index in [0.717, 1.165) is 12.0 Å². The van der Waals surface area contributed by atoms with Gasteiger partial charge < -0.3 is 15.2 Å². The minimum atomic E-state index is -0.110. The molecule has 6 heteroatoms. The summed E-state index contributed by atoms with van der Waals surface area (Å²) in [5.74, 6) is 0.446. The van der Waals surface area contributed by atoms with Gasteiger partial charge in [0.15, 0.2) is 11.5 Å². The van der Waals surface area contributed by atoms with Gasteiger partial charge in [0.25, 0.3) is 5.91 Å². The predicted octanol–water partition coefficient (Wildman–Crippen LogP) is 2.81. The molecule has 1 aromatic heterocycles. The van der Waals surface area contributed by atoms with Crippen molar-refractivity contribution in [2.75, 3.05) is 19.6 Å². The lowest BCUT2D eigenvalue weighted by Crippen LogP contribution is -2.34. The van der Waals surface area contributed by atoms with Crippen molar-refractivity contribution in [1.82, 2.24) is 10.1 Å². The van der Waals surface area contributed by atoms with Crippen LogP contribution < -0.4 is 5.73 Å². The summed E-state index contributed by atoms with van der Waals surface area (Å²) in [5, 5.41) is 4.55. The minimum absolute atomic E-state index is 0.00158. The first kappa shape index (κ1) is 15.1. The summed E-state index contributed by atoms with van der Waals surface area (Å²) in [5.41, 5.74) is 6.94. The number of halogens is 1. The molecule has 0 aliphatic carbocycles. The standard InChI is InChI=1S/C16H18ClN3O2/c1-16(9-18)6-7-20(10-16)15(21)13-8-14(22-19-13)11-2-4-12(17)5-3-11/h2-5,8H,6-7,9-10,18H2,1H3. The molecule has 0 spiro atoms. The lowest BCUT2D eigenvalue weighted by molar-refractivity contribution is 0.0766. The van der Waals surface area contributed by atoms with Crippen LogP contribution in [0.5, 0.6) is 0 Å². The molecule has 0 bridgehead atoms. The number of nitrogens with two attached hydrogens (primary N) is 1. The summed E-state index contributed by atoms with van der Waals surface area (Å²) in [6.45, 7) is 4.04. The van der Waals surface area contributed by atoms with E-state index in [9.17, 15) is 4.79 Å². The molecule has 1 saturated heterocycles. The maximum atomic E-state index is 12.5. The van der Waals surface area contributed by atoms with Gasteiger partial charge in [-0.05, 0) is 42.6 Å². The Hall–Kier alpha value is -1.85. The summed E-state index contributed by atoms with van der Waals surface area (Å²) in [7, 11) is 0. The van der Waals surface area contributed by atoms with E-state index in [4.69, 9.17) is 21.9 Å². The van der Waals surface area contributed by atoms with E-state index in [0.29, 0.717) is 36.1 Å². The van der Waals surface area contributed by atoms with E-state index in [1.54, 1.807) is 23.1 Å². The lowest BCUT2D eigenvalue weighted by atomic mass is 9.90. The highest BCUT2D eigenvalue weighted by molar-refractivity contribution is 6.30. The maximum Gasteiger partial charge on any atom is 0.276 e. The van der Waals surface area contributed by atoms with Gasteiger partial charge in [0, 0.05) is 29.7 Å². The van der Waals surface area contributed by atoms with E-state index in [1.807, 2.05) is 12.1 Å². The SMILES string of the molecule is CC1(CN)CCN(C(=O)c2cc(-c3ccc(Cl)cc3)on2)C1. The summed E-state index contributed by atoms with van der Waals surface area (Å²) < 4.78 is 5.28.